The topological polar surface area (TPSA) is 82.6 Å². The maximum Gasteiger partial charge on any atom is 0.410 e. The summed E-state index contributed by atoms with van der Waals surface area (Å²) in [6.07, 6.45) is 0.0866. The number of hydrogen-bond donors (Lipinski definition) is 1. The monoisotopic (exact) mass is 385 g/mol. The Balaban J connectivity index is 2.12. The van der Waals surface area contributed by atoms with Gasteiger partial charge in [-0.25, -0.2) is 4.79 Å². The van der Waals surface area contributed by atoms with Crippen molar-refractivity contribution in [2.45, 2.75) is 52.7 Å². The van der Waals surface area contributed by atoms with Gasteiger partial charge in [-0.3, -0.25) is 4.79 Å². The second kappa shape index (κ2) is 9.21. The van der Waals surface area contributed by atoms with Crippen molar-refractivity contribution in [3.05, 3.63) is 0 Å². The molecule has 8 nitrogen and oxygen atoms in total. The molecule has 0 aromatic carbocycles. The Morgan fingerprint density at radius 2 is 1.81 bits per heavy atom. The fourth-order valence-corrected chi connectivity index (χ4v) is 3.51. The molecule has 2 fully saturated rings. The summed E-state index contributed by atoms with van der Waals surface area (Å²) in [5, 5.41) is 11.8. The van der Waals surface area contributed by atoms with Gasteiger partial charge in [-0.05, 0) is 33.1 Å². The zero-order chi connectivity index (χ0) is 20.2. The summed E-state index contributed by atoms with van der Waals surface area (Å²) in [5.41, 5.74) is -0.607. The number of piperidine rings is 1. The van der Waals surface area contributed by atoms with Crippen LogP contribution in [0.1, 0.15) is 41.0 Å². The Morgan fingerprint density at radius 1 is 1.19 bits per heavy atom. The summed E-state index contributed by atoms with van der Waals surface area (Å²) in [5.74, 6) is -0.0500. The van der Waals surface area contributed by atoms with E-state index in [1.807, 2.05) is 34.6 Å². The fourth-order valence-electron chi connectivity index (χ4n) is 3.51. The van der Waals surface area contributed by atoms with E-state index in [9.17, 15) is 14.8 Å². The number of carbonyl (C=O) groups is 2. The van der Waals surface area contributed by atoms with E-state index < -0.39 is 11.7 Å². The summed E-state index contributed by atoms with van der Waals surface area (Å²) >= 11 is 0. The minimum absolute atomic E-state index is 0.0227. The van der Waals surface area contributed by atoms with Crippen LogP contribution < -0.4 is 0 Å². The number of ether oxygens (including phenoxy) is 2. The first-order valence-corrected chi connectivity index (χ1v) is 9.87. The Hall–Kier alpha value is -1.38. The molecular formula is C19H35N3O5. The first-order chi connectivity index (χ1) is 12.6. The van der Waals surface area contributed by atoms with Gasteiger partial charge in [-0.15, -0.1) is 0 Å². The fraction of sp³-hybridized carbons (Fsp3) is 0.895. The summed E-state index contributed by atoms with van der Waals surface area (Å²) in [7, 11) is 0. The lowest BCUT2D eigenvalue weighted by molar-refractivity contribution is -0.161. The predicted octanol–water partition coefficient (Wildman–Crippen LogP) is 1.82. The number of hydroxylamine groups is 2. The molecule has 0 bridgehead atoms. The molecule has 0 spiro atoms. The largest absolute Gasteiger partial charge is 0.444 e. The van der Waals surface area contributed by atoms with Crippen LogP contribution in [0, 0.1) is 11.8 Å². The van der Waals surface area contributed by atoms with E-state index in [0.29, 0.717) is 52.4 Å². The molecule has 0 saturated carbocycles. The molecule has 0 aromatic heterocycles. The highest BCUT2D eigenvalue weighted by Gasteiger charge is 2.39. The molecule has 0 radical (unpaired) electrons. The highest BCUT2D eigenvalue weighted by atomic mass is 16.6. The molecule has 2 aliphatic rings. The maximum absolute atomic E-state index is 13.0. The first-order valence-electron chi connectivity index (χ1n) is 9.87. The molecule has 2 rings (SSSR count). The van der Waals surface area contributed by atoms with Crippen molar-refractivity contribution in [2.75, 3.05) is 45.9 Å². The summed E-state index contributed by atoms with van der Waals surface area (Å²) in [6.45, 7) is 12.9. The molecular weight excluding hydrogens is 350 g/mol. The first kappa shape index (κ1) is 21.9. The lowest BCUT2D eigenvalue weighted by Gasteiger charge is -2.42. The Kier molecular flexibility index (Phi) is 7.47. The highest BCUT2D eigenvalue weighted by Crippen LogP contribution is 2.25. The van der Waals surface area contributed by atoms with Crippen molar-refractivity contribution in [3.8, 4) is 0 Å². The second-order valence-corrected chi connectivity index (χ2v) is 8.93. The molecule has 2 heterocycles. The van der Waals surface area contributed by atoms with Crippen LogP contribution in [0.15, 0.2) is 0 Å². The quantitative estimate of drug-likeness (QED) is 0.744. The molecule has 0 aliphatic carbocycles. The number of nitrogens with zero attached hydrogens (tertiary/aromatic N) is 3. The van der Waals surface area contributed by atoms with E-state index in [1.165, 1.54) is 5.06 Å². The Bertz CT molecular complexity index is 514. The molecule has 27 heavy (non-hydrogen) atoms. The van der Waals surface area contributed by atoms with Crippen molar-refractivity contribution in [2.24, 2.45) is 11.8 Å². The van der Waals surface area contributed by atoms with Gasteiger partial charge in [-0.1, -0.05) is 13.8 Å². The van der Waals surface area contributed by atoms with Crippen molar-refractivity contribution in [1.82, 2.24) is 14.9 Å². The number of amides is 2. The van der Waals surface area contributed by atoms with Gasteiger partial charge in [0, 0.05) is 32.7 Å². The predicted molar refractivity (Wildman–Crippen MR) is 100 cm³/mol. The zero-order valence-corrected chi connectivity index (χ0v) is 17.3. The molecule has 2 amide bonds. The van der Waals surface area contributed by atoms with Gasteiger partial charge >= 0.3 is 6.09 Å². The second-order valence-electron chi connectivity index (χ2n) is 8.93. The summed E-state index contributed by atoms with van der Waals surface area (Å²) < 4.78 is 10.8. The van der Waals surface area contributed by atoms with Gasteiger partial charge in [0.1, 0.15) is 5.60 Å². The van der Waals surface area contributed by atoms with Crippen LogP contribution in [0.25, 0.3) is 0 Å². The van der Waals surface area contributed by atoms with E-state index in [1.54, 1.807) is 9.80 Å². The van der Waals surface area contributed by atoms with Gasteiger partial charge in [0.2, 0.25) is 5.91 Å². The maximum atomic E-state index is 13.0. The third-order valence-electron chi connectivity index (χ3n) is 4.73. The number of morpholine rings is 1. The smallest absolute Gasteiger partial charge is 0.410 e. The average Bonchev–Trinajstić information content (AvgIpc) is 2.59. The van der Waals surface area contributed by atoms with Gasteiger partial charge in [0.05, 0.1) is 25.2 Å². The van der Waals surface area contributed by atoms with E-state index >= 15 is 0 Å². The third kappa shape index (κ3) is 6.62. The van der Waals surface area contributed by atoms with Crippen LogP contribution >= 0.6 is 0 Å². The number of rotatable bonds is 4. The lowest BCUT2D eigenvalue weighted by atomic mass is 9.92. The third-order valence-corrected chi connectivity index (χ3v) is 4.73. The SMILES string of the molecule is CC(C)CN(O)[C@H]1C[C@@H](C(=O)N2CCOCC2)CN(C(=O)OC(C)(C)C)C1. The number of likely N-dealkylation sites (tertiary alicyclic amines) is 1. The molecule has 1 N–H and O–H groups in total. The molecule has 8 heteroatoms. The van der Waals surface area contributed by atoms with Crippen molar-refractivity contribution >= 4 is 12.0 Å². The van der Waals surface area contributed by atoms with E-state index in [0.717, 1.165) is 0 Å². The number of hydrogen-bond acceptors (Lipinski definition) is 6. The molecule has 2 aliphatic heterocycles. The normalized spacial score (nSPS) is 24.4. The van der Waals surface area contributed by atoms with E-state index in [2.05, 4.69) is 0 Å². The van der Waals surface area contributed by atoms with Crippen molar-refractivity contribution < 1.29 is 24.3 Å². The molecule has 2 atom stereocenters. The van der Waals surface area contributed by atoms with Crippen molar-refractivity contribution in [3.63, 3.8) is 0 Å². The van der Waals surface area contributed by atoms with Gasteiger partial charge in [0.15, 0.2) is 0 Å². The number of carbonyl (C=O) groups excluding carboxylic acids is 2. The average molecular weight is 386 g/mol. The van der Waals surface area contributed by atoms with E-state index in [-0.39, 0.29) is 23.8 Å². The zero-order valence-electron chi connectivity index (χ0n) is 17.3. The van der Waals surface area contributed by atoms with Gasteiger partial charge in [-0.2, -0.15) is 5.06 Å². The molecule has 2 saturated heterocycles. The van der Waals surface area contributed by atoms with Gasteiger partial charge in [0.25, 0.3) is 0 Å². The van der Waals surface area contributed by atoms with Crippen LogP contribution in [0.2, 0.25) is 0 Å². The minimum Gasteiger partial charge on any atom is -0.444 e. The summed E-state index contributed by atoms with van der Waals surface area (Å²) in [4.78, 5) is 29.0. The van der Waals surface area contributed by atoms with Gasteiger partial charge < -0.3 is 24.5 Å². The van der Waals surface area contributed by atoms with Crippen LogP contribution in [0.4, 0.5) is 4.79 Å². The standard InChI is InChI=1S/C19H35N3O5/c1-14(2)11-22(25)16-10-15(17(23)20-6-8-26-9-7-20)12-21(13-16)18(24)27-19(3,4)5/h14-16,25H,6-13H2,1-5H3/t15-,16+/m1/s1. The van der Waals surface area contributed by atoms with Crippen LogP contribution in [0.5, 0.6) is 0 Å². The Morgan fingerprint density at radius 3 is 2.37 bits per heavy atom. The molecule has 156 valence electrons. The summed E-state index contributed by atoms with van der Waals surface area (Å²) in [6, 6.07) is -0.288. The molecule has 0 aromatic rings. The highest BCUT2D eigenvalue weighted by molar-refractivity contribution is 5.80. The van der Waals surface area contributed by atoms with Crippen LogP contribution in [-0.2, 0) is 14.3 Å². The Labute approximate surface area is 162 Å². The van der Waals surface area contributed by atoms with Crippen molar-refractivity contribution in [1.29, 1.82) is 0 Å². The lowest BCUT2D eigenvalue weighted by Crippen LogP contribution is -2.57. The van der Waals surface area contributed by atoms with Crippen LogP contribution in [0.3, 0.4) is 0 Å². The molecule has 0 unspecified atom stereocenters. The van der Waals surface area contributed by atoms with Crippen LogP contribution in [-0.4, -0.2) is 89.7 Å². The minimum atomic E-state index is -0.607. The van der Waals surface area contributed by atoms with E-state index in [4.69, 9.17) is 9.47 Å².